The van der Waals surface area contributed by atoms with E-state index in [-0.39, 0.29) is 11.9 Å². The zero-order valence-electron chi connectivity index (χ0n) is 15.0. The Morgan fingerprint density at radius 2 is 2.15 bits per heavy atom. The van der Waals surface area contributed by atoms with Crippen molar-refractivity contribution < 1.29 is 13.2 Å². The predicted molar refractivity (Wildman–Crippen MR) is 105 cm³/mol. The molecule has 2 aromatic rings. The van der Waals surface area contributed by atoms with Crippen LogP contribution in [0.15, 0.2) is 24.3 Å². The second-order valence-corrected chi connectivity index (χ2v) is 9.73. The molecular weight excluding hydrogens is 370 g/mol. The molecule has 6 nitrogen and oxygen atoms in total. The van der Waals surface area contributed by atoms with Gasteiger partial charge in [0.1, 0.15) is 0 Å². The number of sulfonamides is 1. The molecule has 0 radical (unpaired) electrons. The lowest BCUT2D eigenvalue weighted by Crippen LogP contribution is -2.49. The van der Waals surface area contributed by atoms with E-state index in [1.54, 1.807) is 11.3 Å². The summed E-state index contributed by atoms with van der Waals surface area (Å²) < 4.78 is 26.4. The molecule has 1 saturated heterocycles. The molecule has 2 heterocycles. The van der Waals surface area contributed by atoms with Crippen molar-refractivity contribution in [2.45, 2.75) is 44.6 Å². The Hall–Kier alpha value is -1.51. The van der Waals surface area contributed by atoms with E-state index >= 15 is 0 Å². The molecule has 0 spiro atoms. The number of benzene rings is 1. The molecule has 1 N–H and O–H groups in total. The number of fused-ring (bicyclic) bond motifs is 1. The first kappa shape index (κ1) is 19.3. The van der Waals surface area contributed by atoms with Crippen LogP contribution in [0.2, 0.25) is 0 Å². The lowest BCUT2D eigenvalue weighted by molar-refractivity contribution is -0.134. The molecule has 1 amide bonds. The van der Waals surface area contributed by atoms with Crippen LogP contribution in [0.25, 0.3) is 10.2 Å². The van der Waals surface area contributed by atoms with E-state index in [1.807, 2.05) is 23.1 Å². The van der Waals surface area contributed by atoms with Gasteiger partial charge in [-0.05, 0) is 44.2 Å². The maximum atomic E-state index is 12.6. The maximum absolute atomic E-state index is 12.6. The van der Waals surface area contributed by atoms with Gasteiger partial charge in [-0.1, -0.05) is 12.1 Å². The molecule has 0 saturated carbocycles. The van der Waals surface area contributed by atoms with E-state index in [2.05, 4.69) is 15.8 Å². The van der Waals surface area contributed by atoms with Crippen LogP contribution in [-0.4, -0.2) is 49.6 Å². The molecule has 1 aromatic carbocycles. The summed E-state index contributed by atoms with van der Waals surface area (Å²) in [5.41, 5.74) is 1.02. The standard InChI is InChI=1S/C18H25N3O3S2/c1-26(23,24)19-13-14-7-4-5-12-21(14)18(22)11-6-10-17-20-15-8-2-3-9-16(15)25-17/h2-3,8-9,14,19H,4-7,10-13H2,1H3. The molecule has 1 fully saturated rings. The number of hydrogen-bond donors (Lipinski definition) is 1. The van der Waals surface area contributed by atoms with Crippen molar-refractivity contribution in [2.75, 3.05) is 19.3 Å². The Labute approximate surface area is 158 Å². The molecule has 26 heavy (non-hydrogen) atoms. The third-order valence-electron chi connectivity index (χ3n) is 4.65. The minimum atomic E-state index is -3.23. The second kappa shape index (κ2) is 8.45. The number of aromatic nitrogens is 1. The number of likely N-dealkylation sites (tertiary alicyclic amines) is 1. The number of carbonyl (C=O) groups excluding carboxylic acids is 1. The third-order valence-corrected chi connectivity index (χ3v) is 6.44. The highest BCUT2D eigenvalue weighted by Gasteiger charge is 2.26. The number of hydrogen-bond acceptors (Lipinski definition) is 5. The minimum absolute atomic E-state index is 0.0339. The number of para-hydroxylation sites is 1. The Morgan fingerprint density at radius 3 is 2.92 bits per heavy atom. The molecule has 0 aliphatic carbocycles. The SMILES string of the molecule is CS(=O)(=O)NCC1CCCCN1C(=O)CCCc1nc2ccccc2s1. The van der Waals surface area contributed by atoms with Crippen molar-refractivity contribution in [3.05, 3.63) is 29.3 Å². The summed E-state index contributed by atoms with van der Waals surface area (Å²) in [6, 6.07) is 8.03. The van der Waals surface area contributed by atoms with Crippen LogP contribution in [0.3, 0.4) is 0 Å². The normalized spacial score (nSPS) is 18.3. The van der Waals surface area contributed by atoms with Gasteiger partial charge >= 0.3 is 0 Å². The average molecular weight is 396 g/mol. The van der Waals surface area contributed by atoms with Gasteiger partial charge < -0.3 is 4.90 Å². The van der Waals surface area contributed by atoms with E-state index in [4.69, 9.17) is 0 Å². The van der Waals surface area contributed by atoms with Crippen molar-refractivity contribution in [2.24, 2.45) is 0 Å². The Kier molecular flexibility index (Phi) is 6.26. The van der Waals surface area contributed by atoms with Crippen molar-refractivity contribution in [1.82, 2.24) is 14.6 Å². The number of aryl methyl sites for hydroxylation is 1. The lowest BCUT2D eigenvalue weighted by atomic mass is 10.0. The highest BCUT2D eigenvalue weighted by atomic mass is 32.2. The van der Waals surface area contributed by atoms with Gasteiger partial charge in [0, 0.05) is 25.6 Å². The van der Waals surface area contributed by atoms with Crippen LogP contribution in [-0.2, 0) is 21.2 Å². The van der Waals surface area contributed by atoms with Gasteiger partial charge in [0.25, 0.3) is 0 Å². The molecule has 1 aliphatic rings. The van der Waals surface area contributed by atoms with E-state index in [0.717, 1.165) is 55.4 Å². The molecule has 1 aliphatic heterocycles. The largest absolute Gasteiger partial charge is 0.338 e. The van der Waals surface area contributed by atoms with Crippen molar-refractivity contribution >= 4 is 37.5 Å². The molecule has 1 atom stereocenters. The van der Waals surface area contributed by atoms with Crippen molar-refractivity contribution in [3.63, 3.8) is 0 Å². The number of rotatable bonds is 7. The number of amides is 1. The van der Waals surface area contributed by atoms with E-state index in [9.17, 15) is 13.2 Å². The van der Waals surface area contributed by atoms with Crippen LogP contribution < -0.4 is 4.72 Å². The highest BCUT2D eigenvalue weighted by molar-refractivity contribution is 7.88. The lowest BCUT2D eigenvalue weighted by Gasteiger charge is -2.36. The molecular formula is C18H25N3O3S2. The molecule has 142 valence electrons. The zero-order chi connectivity index (χ0) is 18.6. The molecule has 0 bridgehead atoms. The second-order valence-electron chi connectivity index (χ2n) is 6.79. The van der Waals surface area contributed by atoms with Gasteiger partial charge in [-0.15, -0.1) is 11.3 Å². The maximum Gasteiger partial charge on any atom is 0.222 e. The Balaban J connectivity index is 1.52. The van der Waals surface area contributed by atoms with Crippen LogP contribution in [0.1, 0.15) is 37.1 Å². The first-order valence-corrected chi connectivity index (χ1v) is 11.7. The molecule has 8 heteroatoms. The van der Waals surface area contributed by atoms with Crippen LogP contribution in [0, 0.1) is 0 Å². The van der Waals surface area contributed by atoms with Crippen molar-refractivity contribution in [3.8, 4) is 0 Å². The van der Waals surface area contributed by atoms with Crippen LogP contribution in [0.4, 0.5) is 0 Å². The highest BCUT2D eigenvalue weighted by Crippen LogP contribution is 2.23. The zero-order valence-corrected chi connectivity index (χ0v) is 16.6. The molecule has 1 aromatic heterocycles. The average Bonchev–Trinajstić information content (AvgIpc) is 3.02. The monoisotopic (exact) mass is 395 g/mol. The fourth-order valence-electron chi connectivity index (χ4n) is 3.35. The quantitative estimate of drug-likeness (QED) is 0.781. The van der Waals surface area contributed by atoms with Gasteiger partial charge in [0.2, 0.25) is 15.9 Å². The number of carbonyl (C=O) groups is 1. The van der Waals surface area contributed by atoms with Crippen molar-refractivity contribution in [1.29, 1.82) is 0 Å². The summed E-state index contributed by atoms with van der Waals surface area (Å²) >= 11 is 1.68. The predicted octanol–water partition coefficient (Wildman–Crippen LogP) is 2.55. The summed E-state index contributed by atoms with van der Waals surface area (Å²) in [5, 5.41) is 1.06. The molecule has 1 unspecified atom stereocenters. The number of nitrogens with one attached hydrogen (secondary N) is 1. The smallest absolute Gasteiger partial charge is 0.222 e. The van der Waals surface area contributed by atoms with Crippen LogP contribution >= 0.6 is 11.3 Å². The first-order chi connectivity index (χ1) is 12.4. The van der Waals surface area contributed by atoms with Gasteiger partial charge in [-0.2, -0.15) is 0 Å². The van der Waals surface area contributed by atoms with E-state index < -0.39 is 10.0 Å². The van der Waals surface area contributed by atoms with E-state index in [0.29, 0.717) is 13.0 Å². The van der Waals surface area contributed by atoms with Gasteiger partial charge in [0.15, 0.2) is 0 Å². The van der Waals surface area contributed by atoms with Gasteiger partial charge in [-0.25, -0.2) is 18.1 Å². The Morgan fingerprint density at radius 1 is 1.35 bits per heavy atom. The number of nitrogens with zero attached hydrogens (tertiary/aromatic N) is 2. The summed E-state index contributed by atoms with van der Waals surface area (Å²) in [6.45, 7) is 1.03. The fraction of sp³-hybridized carbons (Fsp3) is 0.556. The fourth-order valence-corrected chi connectivity index (χ4v) is 4.85. The Bertz CT molecular complexity index is 830. The number of piperidine rings is 1. The summed E-state index contributed by atoms with van der Waals surface area (Å²) in [7, 11) is -3.23. The van der Waals surface area contributed by atoms with Gasteiger partial charge in [-0.3, -0.25) is 4.79 Å². The first-order valence-electron chi connectivity index (χ1n) is 9.01. The van der Waals surface area contributed by atoms with E-state index in [1.165, 1.54) is 4.70 Å². The minimum Gasteiger partial charge on any atom is -0.338 e. The van der Waals surface area contributed by atoms with Gasteiger partial charge in [0.05, 0.1) is 21.5 Å². The van der Waals surface area contributed by atoms with Crippen LogP contribution in [0.5, 0.6) is 0 Å². The summed E-state index contributed by atoms with van der Waals surface area (Å²) in [4.78, 5) is 19.1. The summed E-state index contributed by atoms with van der Waals surface area (Å²) in [6.07, 6.45) is 6.06. The molecule has 3 rings (SSSR count). The number of thiazole rings is 1. The third kappa shape index (κ3) is 5.25. The summed E-state index contributed by atoms with van der Waals surface area (Å²) in [5.74, 6) is 0.117. The topological polar surface area (TPSA) is 79.4 Å².